The molecular weight excluding hydrogens is 354 g/mol. The maximum Gasteiger partial charge on any atom is 0.224 e. The van der Waals surface area contributed by atoms with E-state index in [-0.39, 0.29) is 34.4 Å². The van der Waals surface area contributed by atoms with Gasteiger partial charge in [-0.2, -0.15) is 0 Å². The Bertz CT molecular complexity index is 1020. The number of fused-ring (bicyclic) bond motifs is 1. The van der Waals surface area contributed by atoms with Crippen LogP contribution in [0.4, 0.5) is 5.69 Å². The standard InChI is InChI=1S/C18H19N3O4S/c1-2-26(24,25)12-7-8-16(22)15(11-12)21-18(23)10-9-17-19-13-5-3-4-6-14(13)20-17/h3-8,11,22H,2,9-10H2,1H3,(H,19,20)(H,21,23). The van der Waals surface area contributed by atoms with Crippen LogP contribution in [-0.2, 0) is 21.1 Å². The van der Waals surface area contributed by atoms with Crippen LogP contribution in [0.25, 0.3) is 11.0 Å². The first-order valence-electron chi connectivity index (χ1n) is 8.18. The fraction of sp³-hybridized carbons (Fsp3) is 0.222. The smallest absolute Gasteiger partial charge is 0.224 e. The van der Waals surface area contributed by atoms with Gasteiger partial charge < -0.3 is 15.4 Å². The molecule has 1 amide bonds. The maximum absolute atomic E-state index is 12.2. The first kappa shape index (κ1) is 17.9. The summed E-state index contributed by atoms with van der Waals surface area (Å²) in [5.74, 6) is 0.105. The van der Waals surface area contributed by atoms with Crippen LogP contribution in [0, 0.1) is 0 Å². The van der Waals surface area contributed by atoms with Crippen LogP contribution in [-0.4, -0.2) is 35.2 Å². The lowest BCUT2D eigenvalue weighted by atomic mass is 10.2. The van der Waals surface area contributed by atoms with Crippen LogP contribution >= 0.6 is 0 Å². The Balaban J connectivity index is 1.69. The number of phenols is 1. The number of imidazole rings is 1. The van der Waals surface area contributed by atoms with Crippen molar-refractivity contribution in [3.05, 3.63) is 48.3 Å². The van der Waals surface area contributed by atoms with E-state index in [0.717, 1.165) is 11.0 Å². The lowest BCUT2D eigenvalue weighted by Crippen LogP contribution is -2.13. The second-order valence-corrected chi connectivity index (χ2v) is 8.11. The molecule has 26 heavy (non-hydrogen) atoms. The lowest BCUT2D eigenvalue weighted by Gasteiger charge is -2.09. The molecule has 7 nitrogen and oxygen atoms in total. The third kappa shape index (κ3) is 3.85. The van der Waals surface area contributed by atoms with Gasteiger partial charge in [0.15, 0.2) is 9.84 Å². The average Bonchev–Trinajstić information content (AvgIpc) is 3.04. The van der Waals surface area contributed by atoms with E-state index in [1.807, 2.05) is 24.3 Å². The van der Waals surface area contributed by atoms with Gasteiger partial charge in [0.1, 0.15) is 11.6 Å². The number of hydrogen-bond donors (Lipinski definition) is 3. The van der Waals surface area contributed by atoms with Gasteiger partial charge in [0, 0.05) is 12.8 Å². The Hall–Kier alpha value is -2.87. The van der Waals surface area contributed by atoms with E-state index in [9.17, 15) is 18.3 Å². The summed E-state index contributed by atoms with van der Waals surface area (Å²) in [6.07, 6.45) is 0.540. The monoisotopic (exact) mass is 373 g/mol. The molecule has 0 saturated heterocycles. The molecule has 3 aromatic rings. The zero-order chi connectivity index (χ0) is 18.7. The van der Waals surface area contributed by atoms with Crippen molar-refractivity contribution in [1.82, 2.24) is 9.97 Å². The number of aromatic nitrogens is 2. The van der Waals surface area contributed by atoms with Gasteiger partial charge in [-0.1, -0.05) is 19.1 Å². The molecule has 1 heterocycles. The predicted octanol–water partition coefficient (Wildman–Crippen LogP) is 2.63. The molecule has 1 aromatic heterocycles. The fourth-order valence-electron chi connectivity index (χ4n) is 2.54. The molecule has 0 saturated carbocycles. The number of carbonyl (C=O) groups is 1. The van der Waals surface area contributed by atoms with Crippen LogP contribution < -0.4 is 5.32 Å². The minimum absolute atomic E-state index is 0.0583. The SMILES string of the molecule is CCS(=O)(=O)c1ccc(O)c(NC(=O)CCc2nc3ccccc3[nH]2)c1. The van der Waals surface area contributed by atoms with E-state index < -0.39 is 9.84 Å². The first-order chi connectivity index (χ1) is 12.4. The number of carbonyl (C=O) groups excluding carboxylic acids is 1. The molecule has 0 fully saturated rings. The van der Waals surface area contributed by atoms with Gasteiger partial charge in [-0.05, 0) is 30.3 Å². The number of nitrogens with one attached hydrogen (secondary N) is 2. The Kier molecular flexibility index (Phi) is 4.94. The number of amides is 1. The summed E-state index contributed by atoms with van der Waals surface area (Å²) in [4.78, 5) is 19.8. The molecule has 3 N–H and O–H groups in total. The number of phenolic OH excluding ortho intramolecular Hbond substituents is 1. The third-order valence-electron chi connectivity index (χ3n) is 4.01. The van der Waals surface area contributed by atoms with E-state index in [2.05, 4.69) is 15.3 Å². The lowest BCUT2D eigenvalue weighted by molar-refractivity contribution is -0.116. The van der Waals surface area contributed by atoms with E-state index in [1.54, 1.807) is 0 Å². The topological polar surface area (TPSA) is 112 Å². The first-order valence-corrected chi connectivity index (χ1v) is 9.83. The van der Waals surface area contributed by atoms with Crippen molar-refractivity contribution < 1.29 is 18.3 Å². The van der Waals surface area contributed by atoms with Gasteiger partial charge in [0.2, 0.25) is 5.91 Å². The highest BCUT2D eigenvalue weighted by Crippen LogP contribution is 2.27. The van der Waals surface area contributed by atoms with Gasteiger partial charge in [-0.3, -0.25) is 4.79 Å². The Morgan fingerprint density at radius 2 is 2.00 bits per heavy atom. The van der Waals surface area contributed by atoms with Crippen molar-refractivity contribution in [2.45, 2.75) is 24.7 Å². The van der Waals surface area contributed by atoms with E-state index >= 15 is 0 Å². The summed E-state index contributed by atoms with van der Waals surface area (Å²) >= 11 is 0. The molecule has 8 heteroatoms. The third-order valence-corrected chi connectivity index (χ3v) is 5.74. The fourth-order valence-corrected chi connectivity index (χ4v) is 3.45. The highest BCUT2D eigenvalue weighted by molar-refractivity contribution is 7.91. The summed E-state index contributed by atoms with van der Waals surface area (Å²) in [6.45, 7) is 1.54. The van der Waals surface area contributed by atoms with Crippen LogP contribution in [0.2, 0.25) is 0 Å². The van der Waals surface area contributed by atoms with E-state index in [1.165, 1.54) is 25.1 Å². The molecule has 0 atom stereocenters. The number of aromatic amines is 1. The van der Waals surface area contributed by atoms with E-state index in [4.69, 9.17) is 0 Å². The second-order valence-electron chi connectivity index (χ2n) is 5.83. The molecule has 0 aliphatic carbocycles. The highest BCUT2D eigenvalue weighted by atomic mass is 32.2. The van der Waals surface area contributed by atoms with Crippen molar-refractivity contribution in [2.75, 3.05) is 11.1 Å². The molecule has 136 valence electrons. The molecule has 2 aromatic carbocycles. The van der Waals surface area contributed by atoms with Gasteiger partial charge in [-0.15, -0.1) is 0 Å². The molecule has 0 aliphatic rings. The Morgan fingerprint density at radius 3 is 2.73 bits per heavy atom. The van der Waals surface area contributed by atoms with Crippen LogP contribution in [0.1, 0.15) is 19.2 Å². The summed E-state index contributed by atoms with van der Waals surface area (Å²) in [6, 6.07) is 11.4. The number of H-pyrrole nitrogens is 1. The van der Waals surface area contributed by atoms with E-state index in [0.29, 0.717) is 12.2 Å². The van der Waals surface area contributed by atoms with Gasteiger partial charge in [0.05, 0.1) is 27.4 Å². The normalized spacial score (nSPS) is 11.6. The highest BCUT2D eigenvalue weighted by Gasteiger charge is 2.15. The molecule has 0 spiro atoms. The van der Waals surface area contributed by atoms with Crippen LogP contribution in [0.15, 0.2) is 47.4 Å². The largest absolute Gasteiger partial charge is 0.506 e. The van der Waals surface area contributed by atoms with Crippen molar-refractivity contribution >= 4 is 32.5 Å². The van der Waals surface area contributed by atoms with Crippen molar-refractivity contribution in [2.24, 2.45) is 0 Å². The maximum atomic E-state index is 12.2. The number of aryl methyl sites for hydroxylation is 1. The molecule has 0 radical (unpaired) electrons. The molecule has 3 rings (SSSR count). The molecule has 0 aliphatic heterocycles. The number of sulfone groups is 1. The number of anilines is 1. The number of nitrogens with zero attached hydrogens (tertiary/aromatic N) is 1. The summed E-state index contributed by atoms with van der Waals surface area (Å²) < 4.78 is 23.9. The van der Waals surface area contributed by atoms with Gasteiger partial charge in [0.25, 0.3) is 0 Å². The second kappa shape index (κ2) is 7.17. The van der Waals surface area contributed by atoms with Crippen molar-refractivity contribution in [3.63, 3.8) is 0 Å². The molecule has 0 unspecified atom stereocenters. The minimum Gasteiger partial charge on any atom is -0.506 e. The van der Waals surface area contributed by atoms with Gasteiger partial charge in [-0.25, -0.2) is 13.4 Å². The number of para-hydroxylation sites is 2. The number of benzene rings is 2. The number of rotatable bonds is 6. The number of hydrogen-bond acceptors (Lipinski definition) is 5. The molecular formula is C18H19N3O4S. The summed E-state index contributed by atoms with van der Waals surface area (Å²) in [5, 5.41) is 12.4. The summed E-state index contributed by atoms with van der Waals surface area (Å²) in [5.41, 5.74) is 1.81. The van der Waals surface area contributed by atoms with Crippen LogP contribution in [0.3, 0.4) is 0 Å². The van der Waals surface area contributed by atoms with Crippen LogP contribution in [0.5, 0.6) is 5.75 Å². The zero-order valence-corrected chi connectivity index (χ0v) is 15.0. The van der Waals surface area contributed by atoms with Crippen molar-refractivity contribution in [3.8, 4) is 5.75 Å². The molecule has 0 bridgehead atoms. The Labute approximate surface area is 151 Å². The Morgan fingerprint density at radius 1 is 1.23 bits per heavy atom. The predicted molar refractivity (Wildman–Crippen MR) is 98.9 cm³/mol. The zero-order valence-electron chi connectivity index (χ0n) is 14.2. The van der Waals surface area contributed by atoms with Gasteiger partial charge >= 0.3 is 0 Å². The number of aromatic hydroxyl groups is 1. The summed E-state index contributed by atoms with van der Waals surface area (Å²) in [7, 11) is -3.42. The van der Waals surface area contributed by atoms with Crippen molar-refractivity contribution in [1.29, 1.82) is 0 Å². The quantitative estimate of drug-likeness (QED) is 0.575. The average molecular weight is 373 g/mol. The minimum atomic E-state index is -3.42.